The van der Waals surface area contributed by atoms with Gasteiger partial charge in [0.2, 0.25) is 5.91 Å². The Kier molecular flexibility index (Phi) is 3.80. The number of carbonyl (C=O) groups excluding carboxylic acids is 1. The quantitative estimate of drug-likeness (QED) is 0.839. The maximum atomic E-state index is 11.2. The third-order valence-electron chi connectivity index (χ3n) is 3.83. The number of amides is 1. The van der Waals surface area contributed by atoms with E-state index in [0.29, 0.717) is 6.54 Å². The summed E-state index contributed by atoms with van der Waals surface area (Å²) in [6, 6.07) is 6.58. The van der Waals surface area contributed by atoms with Gasteiger partial charge in [0.15, 0.2) is 0 Å². The topological polar surface area (TPSA) is 58.4 Å². The van der Waals surface area contributed by atoms with Crippen molar-refractivity contribution in [1.82, 2.24) is 5.32 Å². The summed E-state index contributed by atoms with van der Waals surface area (Å²) in [7, 11) is 2.12. The normalized spacial score (nSPS) is 14.6. The lowest BCUT2D eigenvalue weighted by Gasteiger charge is -2.21. The molecule has 1 aromatic carbocycles. The van der Waals surface area contributed by atoms with Crippen molar-refractivity contribution in [3.8, 4) is 0 Å². The first-order chi connectivity index (χ1) is 8.90. The standard InChI is InChI=1S/C15H23N3O/c1-15(2,14(16)19)10-17-9-11-4-5-13-12(8-11)6-7-18(13)3/h4-5,8,17H,6-7,9-10H2,1-3H3,(H2,16,19). The lowest BCUT2D eigenvalue weighted by molar-refractivity contribution is -0.125. The Labute approximate surface area is 115 Å². The molecule has 0 radical (unpaired) electrons. The average molecular weight is 261 g/mol. The van der Waals surface area contributed by atoms with Gasteiger partial charge in [-0.1, -0.05) is 12.1 Å². The van der Waals surface area contributed by atoms with Crippen LogP contribution < -0.4 is 16.0 Å². The van der Waals surface area contributed by atoms with Crippen molar-refractivity contribution >= 4 is 11.6 Å². The van der Waals surface area contributed by atoms with Gasteiger partial charge < -0.3 is 16.0 Å². The Morgan fingerprint density at radius 1 is 1.47 bits per heavy atom. The number of nitrogens with zero attached hydrogens (tertiary/aromatic N) is 1. The van der Waals surface area contributed by atoms with Crippen LogP contribution in [-0.4, -0.2) is 26.0 Å². The van der Waals surface area contributed by atoms with Crippen LogP contribution in [0.5, 0.6) is 0 Å². The number of nitrogens with two attached hydrogens (primary N) is 1. The molecule has 1 aliphatic heterocycles. The molecule has 104 valence electrons. The highest BCUT2D eigenvalue weighted by Crippen LogP contribution is 2.27. The summed E-state index contributed by atoms with van der Waals surface area (Å²) in [6.07, 6.45) is 1.12. The SMILES string of the molecule is CN1CCc2cc(CNCC(C)(C)C(N)=O)ccc21. The number of hydrogen-bond donors (Lipinski definition) is 2. The molecule has 1 aromatic rings. The van der Waals surface area contributed by atoms with Crippen molar-refractivity contribution in [2.45, 2.75) is 26.8 Å². The zero-order chi connectivity index (χ0) is 14.0. The van der Waals surface area contributed by atoms with E-state index in [-0.39, 0.29) is 5.91 Å². The number of likely N-dealkylation sites (N-methyl/N-ethyl adjacent to an activating group) is 1. The lowest BCUT2D eigenvalue weighted by atomic mass is 9.92. The highest BCUT2D eigenvalue weighted by molar-refractivity contribution is 5.80. The van der Waals surface area contributed by atoms with E-state index in [9.17, 15) is 4.79 Å². The van der Waals surface area contributed by atoms with Crippen LogP contribution in [0.4, 0.5) is 5.69 Å². The molecule has 0 atom stereocenters. The summed E-state index contributed by atoms with van der Waals surface area (Å²) in [5.41, 5.74) is 8.86. The monoisotopic (exact) mass is 261 g/mol. The molecule has 0 saturated carbocycles. The molecule has 0 fully saturated rings. The molecule has 0 spiro atoms. The number of benzene rings is 1. The molecule has 0 bridgehead atoms. The van der Waals surface area contributed by atoms with Crippen LogP contribution in [0.2, 0.25) is 0 Å². The summed E-state index contributed by atoms with van der Waals surface area (Å²) in [5.74, 6) is -0.268. The van der Waals surface area contributed by atoms with Gasteiger partial charge in [-0.15, -0.1) is 0 Å². The highest BCUT2D eigenvalue weighted by Gasteiger charge is 2.24. The van der Waals surface area contributed by atoms with E-state index >= 15 is 0 Å². The second kappa shape index (κ2) is 5.21. The van der Waals surface area contributed by atoms with E-state index in [2.05, 4.69) is 35.5 Å². The summed E-state index contributed by atoms with van der Waals surface area (Å²) in [4.78, 5) is 13.5. The molecule has 4 nitrogen and oxygen atoms in total. The van der Waals surface area contributed by atoms with E-state index in [1.54, 1.807) is 0 Å². The Hall–Kier alpha value is -1.55. The van der Waals surface area contributed by atoms with Crippen molar-refractivity contribution in [3.05, 3.63) is 29.3 Å². The smallest absolute Gasteiger partial charge is 0.224 e. The predicted octanol–water partition coefficient (Wildman–Crippen LogP) is 1.28. The van der Waals surface area contributed by atoms with Gasteiger partial charge in [-0.3, -0.25) is 4.79 Å². The largest absolute Gasteiger partial charge is 0.374 e. The minimum absolute atomic E-state index is 0.268. The number of rotatable bonds is 5. The number of hydrogen-bond acceptors (Lipinski definition) is 3. The minimum Gasteiger partial charge on any atom is -0.374 e. The van der Waals surface area contributed by atoms with Crippen molar-refractivity contribution in [2.75, 3.05) is 25.0 Å². The van der Waals surface area contributed by atoms with E-state index in [0.717, 1.165) is 19.5 Å². The van der Waals surface area contributed by atoms with Crippen LogP contribution in [0.3, 0.4) is 0 Å². The van der Waals surface area contributed by atoms with Crippen molar-refractivity contribution in [2.24, 2.45) is 11.1 Å². The van der Waals surface area contributed by atoms with Gasteiger partial charge >= 0.3 is 0 Å². The van der Waals surface area contributed by atoms with Gasteiger partial charge in [-0.25, -0.2) is 0 Å². The molecule has 4 heteroatoms. The maximum Gasteiger partial charge on any atom is 0.224 e. The summed E-state index contributed by atoms with van der Waals surface area (Å²) < 4.78 is 0. The van der Waals surface area contributed by atoms with E-state index in [4.69, 9.17) is 5.73 Å². The molecule has 19 heavy (non-hydrogen) atoms. The molecule has 1 heterocycles. The zero-order valence-corrected chi connectivity index (χ0v) is 12.0. The Morgan fingerprint density at radius 3 is 2.89 bits per heavy atom. The number of fused-ring (bicyclic) bond motifs is 1. The first-order valence-corrected chi connectivity index (χ1v) is 6.74. The Morgan fingerprint density at radius 2 is 2.21 bits per heavy atom. The van der Waals surface area contributed by atoms with E-state index < -0.39 is 5.41 Å². The maximum absolute atomic E-state index is 11.2. The van der Waals surface area contributed by atoms with Crippen LogP contribution in [0.1, 0.15) is 25.0 Å². The second-order valence-electron chi connectivity index (χ2n) is 5.99. The fourth-order valence-electron chi connectivity index (χ4n) is 2.34. The number of carbonyl (C=O) groups is 1. The molecule has 0 aromatic heterocycles. The van der Waals surface area contributed by atoms with Crippen LogP contribution in [0.15, 0.2) is 18.2 Å². The van der Waals surface area contributed by atoms with Crippen LogP contribution in [0.25, 0.3) is 0 Å². The highest BCUT2D eigenvalue weighted by atomic mass is 16.1. The first kappa shape index (κ1) is 13.9. The molecular formula is C15H23N3O. The summed E-state index contributed by atoms with van der Waals surface area (Å²) in [6.45, 7) is 6.19. The average Bonchev–Trinajstić information content (AvgIpc) is 2.70. The zero-order valence-electron chi connectivity index (χ0n) is 12.0. The third-order valence-corrected chi connectivity index (χ3v) is 3.83. The third kappa shape index (κ3) is 3.07. The first-order valence-electron chi connectivity index (χ1n) is 6.74. The van der Waals surface area contributed by atoms with Gasteiger partial charge in [-0.2, -0.15) is 0 Å². The Bertz CT molecular complexity index is 482. The summed E-state index contributed by atoms with van der Waals surface area (Å²) >= 11 is 0. The van der Waals surface area contributed by atoms with Gasteiger partial charge in [0, 0.05) is 32.4 Å². The van der Waals surface area contributed by atoms with E-state index in [1.807, 2.05) is 13.8 Å². The van der Waals surface area contributed by atoms with Crippen LogP contribution in [-0.2, 0) is 17.8 Å². The number of primary amides is 1. The number of anilines is 1. The van der Waals surface area contributed by atoms with Gasteiger partial charge in [0.1, 0.15) is 0 Å². The van der Waals surface area contributed by atoms with Gasteiger partial charge in [0.25, 0.3) is 0 Å². The number of nitrogens with one attached hydrogen (secondary N) is 1. The Balaban J connectivity index is 1.93. The minimum atomic E-state index is -0.503. The van der Waals surface area contributed by atoms with Gasteiger partial charge in [-0.05, 0) is 37.5 Å². The van der Waals surface area contributed by atoms with E-state index in [1.165, 1.54) is 16.8 Å². The molecule has 1 aliphatic rings. The van der Waals surface area contributed by atoms with Crippen LogP contribution in [0, 0.1) is 5.41 Å². The fourth-order valence-corrected chi connectivity index (χ4v) is 2.34. The molecule has 2 rings (SSSR count). The van der Waals surface area contributed by atoms with Crippen molar-refractivity contribution in [3.63, 3.8) is 0 Å². The molecule has 1 amide bonds. The van der Waals surface area contributed by atoms with Crippen molar-refractivity contribution < 1.29 is 4.79 Å². The lowest BCUT2D eigenvalue weighted by Crippen LogP contribution is -2.40. The fraction of sp³-hybridized carbons (Fsp3) is 0.533. The summed E-state index contributed by atoms with van der Waals surface area (Å²) in [5, 5.41) is 3.31. The second-order valence-corrected chi connectivity index (χ2v) is 5.99. The predicted molar refractivity (Wildman–Crippen MR) is 78.1 cm³/mol. The van der Waals surface area contributed by atoms with Gasteiger partial charge in [0.05, 0.1) is 5.41 Å². The molecular weight excluding hydrogens is 238 g/mol. The molecule has 3 N–H and O–H groups in total. The molecule has 0 aliphatic carbocycles. The molecule has 0 unspecified atom stereocenters. The van der Waals surface area contributed by atoms with Crippen LogP contribution >= 0.6 is 0 Å². The van der Waals surface area contributed by atoms with Crippen molar-refractivity contribution in [1.29, 1.82) is 0 Å². The molecule has 0 saturated heterocycles.